The van der Waals surface area contributed by atoms with Crippen molar-refractivity contribution >= 4 is 27.8 Å². The molecule has 0 aliphatic heterocycles. The van der Waals surface area contributed by atoms with Gasteiger partial charge < -0.3 is 19.9 Å². The maximum absolute atomic E-state index is 9.77. The van der Waals surface area contributed by atoms with Crippen LogP contribution in [-0.2, 0) is 17.7 Å². The standard InChI is InChI=1S/C29H40N6O/c1-8-10-15-25-34-26-27(35(25)19-29(6,7)18-30)23-13-11-12-14-24(23)33-28(26)32-20(3)17-31-21(4)22(5)36-16-9-2/h11-14,22,31H,3-4,8-10,15-17,19H2,1-2,5-7H3,(H,32,33). The van der Waals surface area contributed by atoms with Crippen molar-refractivity contribution < 1.29 is 4.74 Å². The van der Waals surface area contributed by atoms with Gasteiger partial charge in [0.2, 0.25) is 0 Å². The van der Waals surface area contributed by atoms with Crippen LogP contribution in [0.5, 0.6) is 0 Å². The molecule has 0 fully saturated rings. The molecule has 0 saturated heterocycles. The van der Waals surface area contributed by atoms with Gasteiger partial charge in [-0.2, -0.15) is 5.26 Å². The summed E-state index contributed by atoms with van der Waals surface area (Å²) in [5, 5.41) is 17.5. The predicted octanol–water partition coefficient (Wildman–Crippen LogP) is 6.32. The SMILES string of the molecule is C=C(CNC(=C)C(C)OCCC)Nc1nc2ccccc2c2c1nc(CCCC)n2CC(C)(C)C#N. The molecule has 0 bridgehead atoms. The number of pyridine rings is 1. The van der Waals surface area contributed by atoms with Crippen LogP contribution in [0, 0.1) is 16.7 Å². The van der Waals surface area contributed by atoms with E-state index in [0.717, 1.165) is 64.8 Å². The molecule has 0 spiro atoms. The summed E-state index contributed by atoms with van der Waals surface area (Å²) < 4.78 is 7.97. The molecule has 2 aromatic heterocycles. The van der Waals surface area contributed by atoms with E-state index in [1.54, 1.807) is 0 Å². The number of nitrogens with one attached hydrogen (secondary N) is 2. The van der Waals surface area contributed by atoms with Gasteiger partial charge in [0.15, 0.2) is 5.82 Å². The molecule has 0 aliphatic rings. The van der Waals surface area contributed by atoms with Crippen molar-refractivity contribution in [1.82, 2.24) is 19.9 Å². The first kappa shape index (κ1) is 27.2. The van der Waals surface area contributed by atoms with Gasteiger partial charge >= 0.3 is 0 Å². The van der Waals surface area contributed by atoms with Gasteiger partial charge in [-0.15, -0.1) is 0 Å². The van der Waals surface area contributed by atoms with Crippen molar-refractivity contribution in [1.29, 1.82) is 5.26 Å². The smallest absolute Gasteiger partial charge is 0.159 e. The lowest BCUT2D eigenvalue weighted by Crippen LogP contribution is -2.27. The third-order valence-electron chi connectivity index (χ3n) is 6.16. The van der Waals surface area contributed by atoms with Crippen molar-refractivity contribution in [3.05, 3.63) is 54.6 Å². The minimum absolute atomic E-state index is 0.0800. The maximum atomic E-state index is 9.77. The van der Waals surface area contributed by atoms with Crippen LogP contribution in [0.3, 0.4) is 0 Å². The van der Waals surface area contributed by atoms with E-state index in [2.05, 4.69) is 54.3 Å². The summed E-state index contributed by atoms with van der Waals surface area (Å²) in [4.78, 5) is 9.97. The summed E-state index contributed by atoms with van der Waals surface area (Å²) in [6.45, 7) is 20.2. The summed E-state index contributed by atoms with van der Waals surface area (Å²) in [6, 6.07) is 10.5. The molecule has 7 heteroatoms. The summed E-state index contributed by atoms with van der Waals surface area (Å²) >= 11 is 0. The van der Waals surface area contributed by atoms with E-state index in [-0.39, 0.29) is 6.10 Å². The van der Waals surface area contributed by atoms with E-state index in [9.17, 15) is 5.26 Å². The zero-order valence-electron chi connectivity index (χ0n) is 22.4. The average molecular weight is 489 g/mol. The molecule has 2 heterocycles. The highest BCUT2D eigenvalue weighted by Gasteiger charge is 2.24. The largest absolute Gasteiger partial charge is 0.381 e. The van der Waals surface area contributed by atoms with Crippen LogP contribution in [0.25, 0.3) is 21.9 Å². The maximum Gasteiger partial charge on any atom is 0.159 e. The van der Waals surface area contributed by atoms with E-state index in [1.807, 2.05) is 39.0 Å². The fraction of sp³-hybridized carbons (Fsp3) is 0.483. The zero-order valence-corrected chi connectivity index (χ0v) is 22.4. The minimum Gasteiger partial charge on any atom is -0.381 e. The molecular weight excluding hydrogens is 448 g/mol. The first-order chi connectivity index (χ1) is 17.2. The quantitative estimate of drug-likeness (QED) is 0.276. The number of hydrogen-bond donors (Lipinski definition) is 2. The Balaban J connectivity index is 1.99. The lowest BCUT2D eigenvalue weighted by atomic mass is 9.95. The van der Waals surface area contributed by atoms with Crippen LogP contribution in [0.2, 0.25) is 0 Å². The van der Waals surface area contributed by atoms with E-state index in [1.165, 1.54) is 0 Å². The zero-order chi connectivity index (χ0) is 26.3. The van der Waals surface area contributed by atoms with Crippen LogP contribution in [-0.4, -0.2) is 33.8 Å². The fourth-order valence-corrected chi connectivity index (χ4v) is 4.07. The van der Waals surface area contributed by atoms with Gasteiger partial charge in [-0.25, -0.2) is 9.97 Å². The topological polar surface area (TPSA) is 87.8 Å². The highest BCUT2D eigenvalue weighted by Crippen LogP contribution is 2.33. The number of imidazole rings is 1. The average Bonchev–Trinajstić information content (AvgIpc) is 3.22. The Kier molecular flexibility index (Phi) is 9.11. The van der Waals surface area contributed by atoms with Crippen molar-refractivity contribution in [2.45, 2.75) is 73.0 Å². The monoisotopic (exact) mass is 488 g/mol. The number of nitriles is 1. The number of fused-ring (bicyclic) bond motifs is 3. The van der Waals surface area contributed by atoms with E-state index >= 15 is 0 Å². The van der Waals surface area contributed by atoms with Gasteiger partial charge in [-0.1, -0.05) is 51.6 Å². The summed E-state index contributed by atoms with van der Waals surface area (Å²) in [5.74, 6) is 1.65. The van der Waals surface area contributed by atoms with Crippen LogP contribution >= 0.6 is 0 Å². The number of rotatable bonds is 14. The number of hydrogen-bond acceptors (Lipinski definition) is 6. The van der Waals surface area contributed by atoms with Crippen LogP contribution in [0.1, 0.15) is 59.7 Å². The van der Waals surface area contributed by atoms with Gasteiger partial charge in [0.25, 0.3) is 0 Å². The van der Waals surface area contributed by atoms with Crippen molar-refractivity contribution in [3.8, 4) is 6.07 Å². The Morgan fingerprint density at radius 1 is 1.19 bits per heavy atom. The Bertz CT molecular complexity index is 1270. The van der Waals surface area contributed by atoms with E-state index in [4.69, 9.17) is 14.7 Å². The second-order valence-electron chi connectivity index (χ2n) is 10.0. The third kappa shape index (κ3) is 6.44. The number of ether oxygens (including phenoxy) is 1. The first-order valence-corrected chi connectivity index (χ1v) is 12.9. The van der Waals surface area contributed by atoms with Crippen LogP contribution in [0.4, 0.5) is 5.82 Å². The normalized spacial score (nSPS) is 12.4. The van der Waals surface area contributed by atoms with E-state index < -0.39 is 5.41 Å². The molecule has 2 N–H and O–H groups in total. The highest BCUT2D eigenvalue weighted by atomic mass is 16.5. The molecule has 0 radical (unpaired) electrons. The van der Waals surface area contributed by atoms with Gasteiger partial charge in [-0.05, 0) is 39.7 Å². The molecule has 3 aromatic rings. The first-order valence-electron chi connectivity index (χ1n) is 12.9. The fourth-order valence-electron chi connectivity index (χ4n) is 4.07. The Labute approximate surface area is 215 Å². The Hall–Kier alpha value is -3.37. The van der Waals surface area contributed by atoms with E-state index in [0.29, 0.717) is 25.5 Å². The third-order valence-corrected chi connectivity index (χ3v) is 6.16. The lowest BCUT2D eigenvalue weighted by Gasteiger charge is -2.20. The summed E-state index contributed by atoms with van der Waals surface area (Å²) in [6.07, 6.45) is 3.83. The molecule has 36 heavy (non-hydrogen) atoms. The second-order valence-corrected chi connectivity index (χ2v) is 10.0. The lowest BCUT2D eigenvalue weighted by molar-refractivity contribution is 0.0864. The highest BCUT2D eigenvalue weighted by molar-refractivity contribution is 6.07. The number of unbranched alkanes of at least 4 members (excludes halogenated alkanes) is 1. The summed E-state index contributed by atoms with van der Waals surface area (Å²) in [5.41, 5.74) is 3.71. The molecule has 0 saturated carbocycles. The van der Waals surface area contributed by atoms with Crippen LogP contribution in [0.15, 0.2) is 48.8 Å². The molecule has 1 aromatic carbocycles. The molecule has 7 nitrogen and oxygen atoms in total. The van der Waals surface area contributed by atoms with Gasteiger partial charge in [0.1, 0.15) is 11.3 Å². The predicted molar refractivity (Wildman–Crippen MR) is 149 cm³/mol. The molecule has 1 atom stereocenters. The van der Waals surface area contributed by atoms with Crippen molar-refractivity contribution in [2.75, 3.05) is 18.5 Å². The summed E-state index contributed by atoms with van der Waals surface area (Å²) in [7, 11) is 0. The molecular formula is C29H40N6O. The minimum atomic E-state index is -0.531. The van der Waals surface area contributed by atoms with Crippen molar-refractivity contribution in [3.63, 3.8) is 0 Å². The number of aryl methyl sites for hydroxylation is 1. The van der Waals surface area contributed by atoms with Gasteiger partial charge in [0, 0.05) is 36.4 Å². The second kappa shape index (κ2) is 12.0. The van der Waals surface area contributed by atoms with Gasteiger partial charge in [0.05, 0.1) is 35.2 Å². The van der Waals surface area contributed by atoms with Crippen molar-refractivity contribution in [2.24, 2.45) is 5.41 Å². The number of aromatic nitrogens is 3. The Morgan fingerprint density at radius 3 is 2.64 bits per heavy atom. The van der Waals surface area contributed by atoms with Gasteiger partial charge in [-0.3, -0.25) is 0 Å². The number of para-hydroxylation sites is 1. The number of anilines is 1. The van der Waals surface area contributed by atoms with Crippen LogP contribution < -0.4 is 10.6 Å². The molecule has 1 unspecified atom stereocenters. The molecule has 0 amide bonds. The number of nitrogens with zero attached hydrogens (tertiary/aromatic N) is 4. The molecule has 3 rings (SSSR count). The Morgan fingerprint density at radius 2 is 1.94 bits per heavy atom. The molecule has 0 aliphatic carbocycles. The number of benzene rings is 1. The molecule has 192 valence electrons.